The van der Waals surface area contributed by atoms with E-state index in [4.69, 9.17) is 8.92 Å². The zero-order valence-electron chi connectivity index (χ0n) is 19.5. The summed E-state index contributed by atoms with van der Waals surface area (Å²) in [7, 11) is -3.71. The first-order chi connectivity index (χ1) is 16.4. The largest absolute Gasteiger partial charge is 0.475 e. The number of thioether (sulfide) groups is 1. The van der Waals surface area contributed by atoms with Gasteiger partial charge in [0.05, 0.1) is 11.0 Å². The second kappa shape index (κ2) is 11.3. The van der Waals surface area contributed by atoms with E-state index in [1.165, 1.54) is 16.7 Å². The summed E-state index contributed by atoms with van der Waals surface area (Å²) >= 11 is 1.79. The van der Waals surface area contributed by atoms with Crippen LogP contribution < -0.4 is 4.74 Å². The Balaban J connectivity index is 1.21. The van der Waals surface area contributed by atoms with Gasteiger partial charge >= 0.3 is 0 Å². The fourth-order valence-corrected chi connectivity index (χ4v) is 6.04. The number of aryl methyl sites for hydroxylation is 1. The van der Waals surface area contributed by atoms with Crippen LogP contribution in [0, 0.1) is 0 Å². The zero-order chi connectivity index (χ0) is 24.0. The van der Waals surface area contributed by atoms with Crippen LogP contribution in [0.2, 0.25) is 0 Å². The SMILES string of the molecule is CC1=Cc2ccccc2OC1SCc1ccc(CCCC(C)OS(=O)(=O)c2ccccc2)cc1. The Hall–Kier alpha value is -2.54. The molecule has 1 aliphatic heterocycles. The van der Waals surface area contributed by atoms with E-state index < -0.39 is 10.1 Å². The van der Waals surface area contributed by atoms with Gasteiger partial charge in [-0.2, -0.15) is 8.42 Å². The molecule has 0 amide bonds. The van der Waals surface area contributed by atoms with Gasteiger partial charge in [-0.25, -0.2) is 0 Å². The van der Waals surface area contributed by atoms with E-state index in [1.54, 1.807) is 42.1 Å². The minimum Gasteiger partial charge on any atom is -0.475 e. The fourth-order valence-electron chi connectivity index (χ4n) is 3.87. The number of rotatable bonds is 10. The topological polar surface area (TPSA) is 52.6 Å². The highest BCUT2D eigenvalue weighted by Gasteiger charge is 2.20. The average molecular weight is 495 g/mol. The third-order valence-corrected chi connectivity index (χ3v) is 8.43. The van der Waals surface area contributed by atoms with Crippen LogP contribution in [-0.4, -0.2) is 20.0 Å². The first kappa shape index (κ1) is 24.6. The maximum atomic E-state index is 12.3. The zero-order valence-corrected chi connectivity index (χ0v) is 21.1. The van der Waals surface area contributed by atoms with E-state index >= 15 is 0 Å². The second-order valence-corrected chi connectivity index (χ2v) is 11.2. The highest BCUT2D eigenvalue weighted by atomic mass is 32.2. The van der Waals surface area contributed by atoms with Crippen LogP contribution in [0.4, 0.5) is 0 Å². The molecule has 3 aromatic carbocycles. The maximum Gasteiger partial charge on any atom is 0.297 e. The molecule has 6 heteroatoms. The molecule has 4 rings (SSSR count). The van der Waals surface area contributed by atoms with Crippen molar-refractivity contribution >= 4 is 28.0 Å². The van der Waals surface area contributed by atoms with Gasteiger partial charge in [0.25, 0.3) is 10.1 Å². The van der Waals surface area contributed by atoms with Crippen molar-refractivity contribution in [3.63, 3.8) is 0 Å². The van der Waals surface area contributed by atoms with Crippen molar-refractivity contribution in [1.29, 1.82) is 0 Å². The lowest BCUT2D eigenvalue weighted by Gasteiger charge is -2.25. The lowest BCUT2D eigenvalue weighted by molar-refractivity contribution is 0.215. The number of para-hydroxylation sites is 1. The number of benzene rings is 3. The first-order valence-electron chi connectivity index (χ1n) is 11.5. The molecule has 2 atom stereocenters. The average Bonchev–Trinajstić information content (AvgIpc) is 2.84. The Bertz CT molecular complexity index is 1220. The summed E-state index contributed by atoms with van der Waals surface area (Å²) in [6.45, 7) is 3.93. The number of fused-ring (bicyclic) bond motifs is 1. The maximum absolute atomic E-state index is 12.3. The predicted octanol–water partition coefficient (Wildman–Crippen LogP) is 6.86. The predicted molar refractivity (Wildman–Crippen MR) is 139 cm³/mol. The van der Waals surface area contributed by atoms with E-state index in [-0.39, 0.29) is 16.4 Å². The summed E-state index contributed by atoms with van der Waals surface area (Å²) in [5.74, 6) is 1.82. The van der Waals surface area contributed by atoms with Gasteiger partial charge < -0.3 is 4.74 Å². The Kier molecular flexibility index (Phi) is 8.14. The van der Waals surface area contributed by atoms with E-state index in [9.17, 15) is 8.42 Å². The van der Waals surface area contributed by atoms with Gasteiger partial charge in [0, 0.05) is 11.3 Å². The van der Waals surface area contributed by atoms with Gasteiger partial charge in [0.15, 0.2) is 5.44 Å². The van der Waals surface area contributed by atoms with Crippen molar-refractivity contribution in [3.05, 3.63) is 101 Å². The van der Waals surface area contributed by atoms with Crippen LogP contribution in [0.15, 0.2) is 89.3 Å². The molecule has 4 nitrogen and oxygen atoms in total. The van der Waals surface area contributed by atoms with Crippen LogP contribution in [0.5, 0.6) is 5.75 Å². The molecule has 0 bridgehead atoms. The van der Waals surface area contributed by atoms with Crippen LogP contribution in [-0.2, 0) is 26.5 Å². The smallest absolute Gasteiger partial charge is 0.297 e. The summed E-state index contributed by atoms with van der Waals surface area (Å²) in [5, 5.41) is 0. The van der Waals surface area contributed by atoms with Gasteiger partial charge in [-0.15, -0.1) is 11.8 Å². The normalized spacial score (nSPS) is 16.3. The summed E-state index contributed by atoms with van der Waals surface area (Å²) < 4.78 is 36.2. The Labute approximate surface area is 207 Å². The fraction of sp³-hybridized carbons (Fsp3) is 0.286. The first-order valence-corrected chi connectivity index (χ1v) is 14.0. The van der Waals surface area contributed by atoms with Crippen molar-refractivity contribution in [3.8, 4) is 5.75 Å². The van der Waals surface area contributed by atoms with Gasteiger partial charge in [-0.05, 0) is 74.1 Å². The molecule has 0 radical (unpaired) electrons. The monoisotopic (exact) mass is 494 g/mol. The Morgan fingerprint density at radius 3 is 2.38 bits per heavy atom. The van der Waals surface area contributed by atoms with Gasteiger partial charge in [-0.1, -0.05) is 60.7 Å². The van der Waals surface area contributed by atoms with Crippen molar-refractivity contribution in [2.24, 2.45) is 0 Å². The quantitative estimate of drug-likeness (QED) is 0.288. The highest BCUT2D eigenvalue weighted by Crippen LogP contribution is 2.35. The molecule has 1 aliphatic rings. The van der Waals surface area contributed by atoms with E-state index in [1.807, 2.05) is 25.1 Å². The molecule has 0 aliphatic carbocycles. The van der Waals surface area contributed by atoms with Crippen LogP contribution in [0.25, 0.3) is 6.08 Å². The third kappa shape index (κ3) is 6.53. The van der Waals surface area contributed by atoms with Crippen molar-refractivity contribution in [2.45, 2.75) is 55.3 Å². The number of hydrogen-bond donors (Lipinski definition) is 0. The molecule has 2 unspecified atom stereocenters. The van der Waals surface area contributed by atoms with Gasteiger partial charge in [-0.3, -0.25) is 4.18 Å². The van der Waals surface area contributed by atoms with Gasteiger partial charge in [0.1, 0.15) is 5.75 Å². The molecular formula is C28H30O4S2. The summed E-state index contributed by atoms with van der Waals surface area (Å²) in [6, 6.07) is 25.1. The van der Waals surface area contributed by atoms with Gasteiger partial charge in [0.2, 0.25) is 0 Å². The van der Waals surface area contributed by atoms with E-state index in [0.717, 1.165) is 29.9 Å². The summed E-state index contributed by atoms with van der Waals surface area (Å²) in [6.07, 6.45) is 4.26. The van der Waals surface area contributed by atoms with Crippen LogP contribution in [0.3, 0.4) is 0 Å². The molecule has 0 saturated heterocycles. The molecule has 0 N–H and O–H groups in total. The molecule has 34 heavy (non-hydrogen) atoms. The molecular weight excluding hydrogens is 464 g/mol. The molecule has 0 saturated carbocycles. The molecule has 0 fully saturated rings. The minimum atomic E-state index is -3.71. The van der Waals surface area contributed by atoms with Crippen molar-refractivity contribution < 1.29 is 17.3 Å². The number of ether oxygens (including phenoxy) is 1. The van der Waals surface area contributed by atoms with E-state index in [2.05, 4.69) is 43.3 Å². The molecule has 3 aromatic rings. The summed E-state index contributed by atoms with van der Waals surface area (Å²) in [4.78, 5) is 0.198. The van der Waals surface area contributed by atoms with Crippen LogP contribution in [0.1, 0.15) is 43.4 Å². The second-order valence-electron chi connectivity index (χ2n) is 8.57. The lowest BCUT2D eigenvalue weighted by atomic mass is 10.1. The molecule has 1 heterocycles. The lowest BCUT2D eigenvalue weighted by Crippen LogP contribution is -2.17. The summed E-state index contributed by atoms with van der Waals surface area (Å²) in [5.41, 5.74) is 4.90. The third-order valence-electron chi connectivity index (χ3n) is 5.73. The van der Waals surface area contributed by atoms with Crippen molar-refractivity contribution in [1.82, 2.24) is 0 Å². The Morgan fingerprint density at radius 2 is 1.62 bits per heavy atom. The van der Waals surface area contributed by atoms with Crippen molar-refractivity contribution in [2.75, 3.05) is 0 Å². The number of hydrogen-bond acceptors (Lipinski definition) is 5. The minimum absolute atomic E-state index is 0.0308. The highest BCUT2D eigenvalue weighted by molar-refractivity contribution is 7.99. The molecule has 178 valence electrons. The Morgan fingerprint density at radius 1 is 0.941 bits per heavy atom. The van der Waals surface area contributed by atoms with Crippen LogP contribution >= 0.6 is 11.8 Å². The standard InChI is InChI=1S/C28H30O4S2/c1-21-19-25-11-6-7-14-27(25)31-28(21)33-20-24-17-15-23(16-18-24)10-8-9-22(2)32-34(29,30)26-12-4-3-5-13-26/h3-7,11-19,22,28H,8-10,20H2,1-2H3. The molecule has 0 aromatic heterocycles. The molecule has 0 spiro atoms. The van der Waals surface area contributed by atoms with E-state index in [0.29, 0.717) is 6.42 Å².